The van der Waals surface area contributed by atoms with Gasteiger partial charge in [0, 0.05) is 12.3 Å². The van der Waals surface area contributed by atoms with Crippen LogP contribution in [0.3, 0.4) is 0 Å². The first-order valence-corrected chi connectivity index (χ1v) is 21.7. The summed E-state index contributed by atoms with van der Waals surface area (Å²) in [7, 11) is -3.99. The lowest BCUT2D eigenvalue weighted by molar-refractivity contribution is -0.144. The molecule has 296 valence electrons. The van der Waals surface area contributed by atoms with Gasteiger partial charge in [0.15, 0.2) is 0 Å². The van der Waals surface area contributed by atoms with E-state index in [0.717, 1.165) is 50.5 Å². The molecule has 55 heavy (non-hydrogen) atoms. The van der Waals surface area contributed by atoms with Gasteiger partial charge in [-0.2, -0.15) is 0 Å². The largest absolute Gasteiger partial charge is 0.471 e. The number of hydrogen-bond donors (Lipinski definition) is 3. The first-order valence-electron chi connectivity index (χ1n) is 20.2. The zero-order chi connectivity index (χ0) is 38.4. The van der Waals surface area contributed by atoms with Crippen LogP contribution in [0.25, 0.3) is 11.0 Å². The Morgan fingerprint density at radius 3 is 2.45 bits per heavy atom. The highest BCUT2D eigenvalue weighted by Crippen LogP contribution is 2.45. The Balaban J connectivity index is 1.13. The van der Waals surface area contributed by atoms with E-state index in [4.69, 9.17) is 19.4 Å². The second kappa shape index (κ2) is 15.0. The van der Waals surface area contributed by atoms with E-state index >= 15 is 0 Å². The molecule has 3 N–H and O–H groups in total. The van der Waals surface area contributed by atoms with Crippen LogP contribution in [0, 0.1) is 11.8 Å². The average molecular weight is 777 g/mol. The fourth-order valence-electron chi connectivity index (χ4n) is 8.61. The summed E-state index contributed by atoms with van der Waals surface area (Å²) in [5.74, 6) is -1.58. The Bertz CT molecular complexity index is 1990. The van der Waals surface area contributed by atoms with Gasteiger partial charge < -0.3 is 25.0 Å². The Morgan fingerprint density at radius 1 is 0.927 bits per heavy atom. The van der Waals surface area contributed by atoms with E-state index in [2.05, 4.69) is 15.4 Å². The minimum absolute atomic E-state index is 0.0258. The molecule has 7 atom stereocenters. The van der Waals surface area contributed by atoms with Gasteiger partial charge in [-0.25, -0.2) is 23.2 Å². The van der Waals surface area contributed by atoms with E-state index in [1.54, 1.807) is 6.92 Å². The molecular weight excluding hydrogens is 725 g/mol. The van der Waals surface area contributed by atoms with E-state index in [1.165, 1.54) is 4.90 Å². The van der Waals surface area contributed by atoms with Crippen molar-refractivity contribution in [1.82, 2.24) is 30.2 Å². The summed E-state index contributed by atoms with van der Waals surface area (Å²) in [6, 6.07) is 5.55. The number of alkyl carbamates (subject to hydrolysis) is 1. The standard InChI is InChI=1S/C40H52N6O8S/c1-39(20-21-39)55(51,52)45-37(49)40-19-18-26(40)13-7-3-2-4-8-17-31-36(48)46-24-27(23-32(46)34(47)44-40)53-35-30(41-28-14-10-11-15-29(28)42-35)16-9-5-6-12-25-22-33(25)54-38(50)43-31/h7,10-11,13-15,25-27,31-33H,2-6,8-9,12,16-24H2,1H3,(H,43,50)(H,44,47)(H,45,49). The Hall–Kier alpha value is -4.27. The van der Waals surface area contributed by atoms with Crippen LogP contribution in [-0.4, -0.2) is 88.2 Å². The van der Waals surface area contributed by atoms with Crippen molar-refractivity contribution in [2.45, 2.75) is 144 Å². The van der Waals surface area contributed by atoms with Gasteiger partial charge in [-0.3, -0.25) is 19.1 Å². The lowest BCUT2D eigenvalue weighted by Gasteiger charge is -2.47. The molecule has 14 nitrogen and oxygen atoms in total. The van der Waals surface area contributed by atoms with Crippen LogP contribution >= 0.6 is 0 Å². The van der Waals surface area contributed by atoms with Crippen LogP contribution in [0.2, 0.25) is 0 Å². The molecule has 4 amide bonds. The van der Waals surface area contributed by atoms with E-state index < -0.39 is 68.2 Å². The molecule has 8 rings (SSSR count). The van der Waals surface area contributed by atoms with Gasteiger partial charge >= 0.3 is 6.09 Å². The Kier molecular flexibility index (Phi) is 10.3. The SMILES string of the molecule is CC1(S(=O)(=O)NC(=O)C23CCC2C=CCCCCCC2NC(=O)OC4CC4CCCCCc4nc5ccccc5nc4OC4CC(C(=O)N3)N(C4)C2=O)CC1. The minimum Gasteiger partial charge on any atom is -0.471 e. The average Bonchev–Trinajstić information content (AvgIpc) is 4.04. The molecule has 4 heterocycles. The van der Waals surface area contributed by atoms with Gasteiger partial charge in [0.05, 0.1) is 22.3 Å². The van der Waals surface area contributed by atoms with Crippen molar-refractivity contribution in [3.63, 3.8) is 0 Å². The molecule has 3 aliphatic heterocycles. The van der Waals surface area contributed by atoms with Crippen LogP contribution < -0.4 is 20.1 Å². The maximum Gasteiger partial charge on any atom is 0.408 e. The predicted molar refractivity (Wildman–Crippen MR) is 202 cm³/mol. The second-order valence-electron chi connectivity index (χ2n) is 16.7. The maximum atomic E-state index is 14.6. The van der Waals surface area contributed by atoms with Crippen molar-refractivity contribution in [2.24, 2.45) is 11.8 Å². The number of rotatable bonds is 3. The number of fused-ring (bicyclic) bond motifs is 6. The lowest BCUT2D eigenvalue weighted by atomic mass is 9.65. The summed E-state index contributed by atoms with van der Waals surface area (Å²) in [5.41, 5.74) is 0.607. The van der Waals surface area contributed by atoms with Gasteiger partial charge in [0.1, 0.15) is 35.5 Å². The van der Waals surface area contributed by atoms with Crippen molar-refractivity contribution in [2.75, 3.05) is 6.54 Å². The fourth-order valence-corrected chi connectivity index (χ4v) is 9.92. The number of allylic oxidation sites excluding steroid dienone is 1. The number of hydrogen-bond acceptors (Lipinski definition) is 10. The van der Waals surface area contributed by atoms with E-state index in [1.807, 2.05) is 36.4 Å². The zero-order valence-corrected chi connectivity index (χ0v) is 32.3. The third-order valence-corrected chi connectivity index (χ3v) is 14.9. The third-order valence-electron chi connectivity index (χ3n) is 12.7. The summed E-state index contributed by atoms with van der Waals surface area (Å²) in [5, 5.41) is 5.83. The second-order valence-corrected chi connectivity index (χ2v) is 18.9. The molecule has 2 aromatic rings. The number of nitrogens with one attached hydrogen (secondary N) is 3. The van der Waals surface area contributed by atoms with Gasteiger partial charge in [-0.1, -0.05) is 50.0 Å². The van der Waals surface area contributed by atoms with Crippen molar-refractivity contribution in [1.29, 1.82) is 0 Å². The van der Waals surface area contributed by atoms with Gasteiger partial charge in [0.2, 0.25) is 27.7 Å². The quantitative estimate of drug-likeness (QED) is 0.379. The third kappa shape index (κ3) is 7.77. The molecule has 3 saturated carbocycles. The van der Waals surface area contributed by atoms with Gasteiger partial charge in [0.25, 0.3) is 5.91 Å². The topological polar surface area (TPSA) is 186 Å². The monoisotopic (exact) mass is 776 g/mol. The number of nitrogens with zero attached hydrogens (tertiary/aromatic N) is 3. The number of ether oxygens (including phenoxy) is 2. The zero-order valence-electron chi connectivity index (χ0n) is 31.5. The molecule has 1 aromatic carbocycles. The summed E-state index contributed by atoms with van der Waals surface area (Å²) in [6.45, 7) is 1.63. The smallest absolute Gasteiger partial charge is 0.408 e. The summed E-state index contributed by atoms with van der Waals surface area (Å²) in [4.78, 5) is 67.8. The maximum absolute atomic E-state index is 14.6. The van der Waals surface area contributed by atoms with Crippen molar-refractivity contribution < 1.29 is 37.1 Å². The first-order chi connectivity index (χ1) is 26.4. The van der Waals surface area contributed by atoms with Crippen LogP contribution in [0.5, 0.6) is 5.88 Å². The molecule has 6 aliphatic rings. The molecular formula is C40H52N6O8S. The Morgan fingerprint density at radius 2 is 1.69 bits per heavy atom. The predicted octanol–water partition coefficient (Wildman–Crippen LogP) is 4.36. The molecule has 4 fully saturated rings. The highest BCUT2D eigenvalue weighted by atomic mass is 32.2. The van der Waals surface area contributed by atoms with Gasteiger partial charge in [-0.15, -0.1) is 0 Å². The fraction of sp³-hybridized carbons (Fsp3) is 0.650. The molecule has 0 radical (unpaired) electrons. The Labute approximate surface area is 322 Å². The number of carbonyl (C=O) groups excluding carboxylic acids is 4. The molecule has 3 bridgehead atoms. The molecule has 7 unspecified atom stereocenters. The molecule has 1 aromatic heterocycles. The summed E-state index contributed by atoms with van der Waals surface area (Å²) in [6.07, 6.45) is 12.7. The van der Waals surface area contributed by atoms with Crippen LogP contribution in [-0.2, 0) is 35.6 Å². The minimum atomic E-state index is -3.99. The van der Waals surface area contributed by atoms with Crippen LogP contribution in [0.15, 0.2) is 36.4 Å². The number of para-hydroxylation sites is 2. The van der Waals surface area contributed by atoms with E-state index in [0.29, 0.717) is 62.0 Å². The van der Waals surface area contributed by atoms with Crippen LogP contribution in [0.4, 0.5) is 4.79 Å². The summed E-state index contributed by atoms with van der Waals surface area (Å²) < 4.78 is 40.2. The van der Waals surface area contributed by atoms with E-state index in [9.17, 15) is 27.6 Å². The molecule has 1 saturated heterocycles. The van der Waals surface area contributed by atoms with E-state index in [-0.39, 0.29) is 31.4 Å². The lowest BCUT2D eigenvalue weighted by Crippen LogP contribution is -2.70. The first kappa shape index (κ1) is 37.6. The number of amides is 4. The normalized spacial score (nSPS) is 32.6. The van der Waals surface area contributed by atoms with Gasteiger partial charge in [-0.05, 0) is 95.6 Å². The number of carbonyl (C=O) groups is 4. The number of aryl methyl sites for hydroxylation is 1. The number of aromatic nitrogens is 2. The molecule has 0 spiro atoms. The number of benzene rings is 1. The summed E-state index contributed by atoms with van der Waals surface area (Å²) >= 11 is 0. The highest BCUT2D eigenvalue weighted by Gasteiger charge is 2.58. The van der Waals surface area contributed by atoms with Crippen molar-refractivity contribution in [3.05, 3.63) is 42.1 Å². The number of sulfonamides is 1. The molecule has 15 heteroatoms. The molecule has 3 aliphatic carbocycles. The van der Waals surface area contributed by atoms with Crippen LogP contribution in [0.1, 0.15) is 109 Å². The van der Waals surface area contributed by atoms with Crippen molar-refractivity contribution in [3.8, 4) is 5.88 Å². The van der Waals surface area contributed by atoms with Crippen molar-refractivity contribution >= 4 is 44.9 Å². The highest BCUT2D eigenvalue weighted by molar-refractivity contribution is 7.91.